The minimum atomic E-state index is -0.810. The summed E-state index contributed by atoms with van der Waals surface area (Å²) in [6, 6.07) is 5.31. The van der Waals surface area contributed by atoms with Crippen molar-refractivity contribution in [2.45, 2.75) is 38.7 Å². The fourth-order valence-electron chi connectivity index (χ4n) is 2.92. The monoisotopic (exact) mass is 363 g/mol. The van der Waals surface area contributed by atoms with Crippen LogP contribution in [0, 0.1) is 6.92 Å². The largest absolute Gasteiger partial charge is 0.491 e. The number of rotatable bonds is 6. The van der Waals surface area contributed by atoms with Crippen molar-refractivity contribution in [3.8, 4) is 5.75 Å². The maximum Gasteiger partial charge on any atom is 0.272 e. The number of benzene rings is 1. The first-order valence-corrected chi connectivity index (χ1v) is 8.83. The van der Waals surface area contributed by atoms with Crippen molar-refractivity contribution in [3.05, 3.63) is 45.7 Å². The lowest BCUT2D eigenvalue weighted by Gasteiger charge is -2.14. The van der Waals surface area contributed by atoms with Crippen LogP contribution in [-0.2, 0) is 12.8 Å². The number of nitrogens with one attached hydrogen (secondary N) is 2. The Morgan fingerprint density at radius 2 is 2.24 bits per heavy atom. The zero-order valence-corrected chi connectivity index (χ0v) is 14.9. The number of aromatic amines is 1. The number of hydrogen-bond acceptors (Lipinski definition) is 4. The molecule has 0 radical (unpaired) electrons. The van der Waals surface area contributed by atoms with E-state index in [0.29, 0.717) is 16.5 Å². The van der Waals surface area contributed by atoms with Crippen molar-refractivity contribution in [2.24, 2.45) is 0 Å². The van der Waals surface area contributed by atoms with Crippen molar-refractivity contribution in [1.82, 2.24) is 15.5 Å². The average Bonchev–Trinajstić information content (AvgIpc) is 3.05. The van der Waals surface area contributed by atoms with E-state index < -0.39 is 6.10 Å². The van der Waals surface area contributed by atoms with Crippen molar-refractivity contribution in [1.29, 1.82) is 0 Å². The van der Waals surface area contributed by atoms with E-state index in [4.69, 9.17) is 16.3 Å². The number of carbonyl (C=O) groups is 1. The number of halogens is 1. The first kappa shape index (κ1) is 17.8. The van der Waals surface area contributed by atoms with Gasteiger partial charge in [0.05, 0.1) is 0 Å². The maximum atomic E-state index is 12.3. The molecule has 3 rings (SSSR count). The fourth-order valence-corrected chi connectivity index (χ4v) is 3.04. The third-order valence-corrected chi connectivity index (χ3v) is 4.77. The molecule has 1 atom stereocenters. The Hall–Kier alpha value is -2.05. The lowest BCUT2D eigenvalue weighted by molar-refractivity contribution is 0.0839. The number of aliphatic hydroxyl groups is 1. The average molecular weight is 364 g/mol. The third-order valence-electron chi connectivity index (χ3n) is 4.34. The highest BCUT2D eigenvalue weighted by Gasteiger charge is 2.22. The normalized spacial score (nSPS) is 14.7. The van der Waals surface area contributed by atoms with Gasteiger partial charge in [-0.2, -0.15) is 5.10 Å². The van der Waals surface area contributed by atoms with Gasteiger partial charge in [0.25, 0.3) is 5.91 Å². The molecule has 134 valence electrons. The third kappa shape index (κ3) is 4.32. The number of aliphatic hydroxyl groups excluding tert-OH is 1. The first-order chi connectivity index (χ1) is 12.0. The highest BCUT2D eigenvalue weighted by atomic mass is 35.5. The van der Waals surface area contributed by atoms with Gasteiger partial charge in [-0.15, -0.1) is 0 Å². The van der Waals surface area contributed by atoms with Gasteiger partial charge in [0, 0.05) is 22.8 Å². The van der Waals surface area contributed by atoms with Crippen LogP contribution in [0.5, 0.6) is 5.75 Å². The van der Waals surface area contributed by atoms with Crippen LogP contribution in [0.2, 0.25) is 5.02 Å². The van der Waals surface area contributed by atoms with Crippen molar-refractivity contribution >= 4 is 17.5 Å². The Labute approximate surface area is 151 Å². The van der Waals surface area contributed by atoms with Gasteiger partial charge in [-0.1, -0.05) is 11.6 Å². The minimum Gasteiger partial charge on any atom is -0.491 e. The van der Waals surface area contributed by atoms with Gasteiger partial charge in [0.15, 0.2) is 5.69 Å². The molecule has 1 amide bonds. The van der Waals surface area contributed by atoms with Gasteiger partial charge in [0.1, 0.15) is 18.5 Å². The van der Waals surface area contributed by atoms with Crippen LogP contribution < -0.4 is 10.1 Å². The molecule has 0 aliphatic heterocycles. The molecular weight excluding hydrogens is 342 g/mol. The zero-order valence-electron chi connectivity index (χ0n) is 14.1. The Morgan fingerprint density at radius 1 is 1.44 bits per heavy atom. The van der Waals surface area contributed by atoms with E-state index in [0.717, 1.165) is 42.5 Å². The molecule has 6 nitrogen and oxygen atoms in total. The van der Waals surface area contributed by atoms with Crippen LogP contribution >= 0.6 is 11.6 Å². The molecule has 25 heavy (non-hydrogen) atoms. The molecule has 1 aliphatic rings. The minimum absolute atomic E-state index is 0.0834. The van der Waals surface area contributed by atoms with Gasteiger partial charge in [-0.05, 0) is 56.4 Å². The predicted octanol–water partition coefficient (Wildman–Crippen LogP) is 2.42. The molecule has 0 saturated heterocycles. The lowest BCUT2D eigenvalue weighted by Crippen LogP contribution is -2.35. The molecule has 0 fully saturated rings. The topological polar surface area (TPSA) is 87.2 Å². The molecule has 1 aromatic heterocycles. The number of hydrogen-bond donors (Lipinski definition) is 3. The number of fused-ring (bicyclic) bond motifs is 1. The molecule has 2 aromatic rings. The molecule has 0 spiro atoms. The van der Waals surface area contributed by atoms with Gasteiger partial charge < -0.3 is 15.2 Å². The van der Waals surface area contributed by atoms with Gasteiger partial charge in [0.2, 0.25) is 0 Å². The Balaban J connectivity index is 1.48. The molecule has 0 unspecified atom stereocenters. The number of H-pyrrole nitrogens is 1. The second-order valence-electron chi connectivity index (χ2n) is 6.32. The highest BCUT2D eigenvalue weighted by Crippen LogP contribution is 2.22. The standard InChI is InChI=1S/C18H22ClN3O3/c1-11-8-13(6-7-15(11)19)25-10-12(23)9-20-18(24)17-14-4-2-3-5-16(14)21-22-17/h6-8,12,23H,2-5,9-10H2,1H3,(H,20,24)(H,21,22)/t12-/m0/s1. The summed E-state index contributed by atoms with van der Waals surface area (Å²) in [5.74, 6) is 0.370. The molecule has 0 bridgehead atoms. The van der Waals surface area contributed by atoms with Gasteiger partial charge in [-0.3, -0.25) is 9.89 Å². The second kappa shape index (κ2) is 7.89. The highest BCUT2D eigenvalue weighted by molar-refractivity contribution is 6.31. The molecular formula is C18H22ClN3O3. The Kier molecular flexibility index (Phi) is 5.60. The molecule has 3 N–H and O–H groups in total. The van der Waals surface area contributed by atoms with Crippen LogP contribution in [-0.4, -0.2) is 40.5 Å². The molecule has 1 heterocycles. The van der Waals surface area contributed by atoms with Crippen LogP contribution in [0.3, 0.4) is 0 Å². The summed E-state index contributed by atoms with van der Waals surface area (Å²) in [5.41, 5.74) is 3.41. The number of carbonyl (C=O) groups excluding carboxylic acids is 1. The molecule has 1 aliphatic carbocycles. The Morgan fingerprint density at radius 3 is 3.04 bits per heavy atom. The Bertz CT molecular complexity index is 760. The van der Waals surface area contributed by atoms with Gasteiger partial charge in [-0.25, -0.2) is 0 Å². The number of aryl methyl sites for hydroxylation is 2. The van der Waals surface area contributed by atoms with E-state index >= 15 is 0 Å². The van der Waals surface area contributed by atoms with Crippen LogP contribution in [0.15, 0.2) is 18.2 Å². The zero-order chi connectivity index (χ0) is 17.8. The number of amides is 1. The summed E-state index contributed by atoms with van der Waals surface area (Å²) < 4.78 is 5.54. The van der Waals surface area contributed by atoms with Gasteiger partial charge >= 0.3 is 0 Å². The summed E-state index contributed by atoms with van der Waals surface area (Å²) >= 11 is 5.97. The summed E-state index contributed by atoms with van der Waals surface area (Å²) in [4.78, 5) is 12.3. The van der Waals surface area contributed by atoms with E-state index in [2.05, 4.69) is 15.5 Å². The SMILES string of the molecule is Cc1cc(OC[C@@H](O)CNC(=O)c2n[nH]c3c2CCCC3)ccc1Cl. The first-order valence-electron chi connectivity index (χ1n) is 8.46. The van der Waals surface area contributed by atoms with Crippen molar-refractivity contribution in [2.75, 3.05) is 13.2 Å². The smallest absolute Gasteiger partial charge is 0.272 e. The second-order valence-corrected chi connectivity index (χ2v) is 6.73. The number of ether oxygens (including phenoxy) is 1. The maximum absolute atomic E-state index is 12.3. The van der Waals surface area contributed by atoms with Crippen LogP contribution in [0.4, 0.5) is 0 Å². The lowest BCUT2D eigenvalue weighted by atomic mass is 9.96. The number of nitrogens with zero attached hydrogens (tertiary/aromatic N) is 1. The summed E-state index contributed by atoms with van der Waals surface area (Å²) in [7, 11) is 0. The van der Waals surface area contributed by atoms with Crippen molar-refractivity contribution in [3.63, 3.8) is 0 Å². The number of aromatic nitrogens is 2. The van der Waals surface area contributed by atoms with E-state index in [9.17, 15) is 9.90 Å². The summed E-state index contributed by atoms with van der Waals surface area (Å²) in [6.07, 6.45) is 3.19. The molecule has 1 aromatic carbocycles. The molecule has 7 heteroatoms. The summed E-state index contributed by atoms with van der Waals surface area (Å²) in [6.45, 7) is 2.07. The van der Waals surface area contributed by atoms with E-state index in [-0.39, 0.29) is 19.1 Å². The quantitative estimate of drug-likeness (QED) is 0.735. The van der Waals surface area contributed by atoms with E-state index in [1.807, 2.05) is 13.0 Å². The van der Waals surface area contributed by atoms with Crippen LogP contribution in [0.25, 0.3) is 0 Å². The van der Waals surface area contributed by atoms with Crippen LogP contribution in [0.1, 0.15) is 40.2 Å². The summed E-state index contributed by atoms with van der Waals surface area (Å²) in [5, 5.41) is 20.5. The van der Waals surface area contributed by atoms with E-state index in [1.54, 1.807) is 12.1 Å². The predicted molar refractivity (Wildman–Crippen MR) is 95.3 cm³/mol. The fraction of sp³-hybridized carbons (Fsp3) is 0.444. The molecule has 0 saturated carbocycles. The van der Waals surface area contributed by atoms with Crippen molar-refractivity contribution < 1.29 is 14.6 Å². The van der Waals surface area contributed by atoms with E-state index in [1.165, 1.54) is 0 Å².